The van der Waals surface area contributed by atoms with Crippen LogP contribution in [0.5, 0.6) is 0 Å². The molecule has 134 valence electrons. The van der Waals surface area contributed by atoms with Crippen LogP contribution in [0.4, 0.5) is 29.5 Å². The topological polar surface area (TPSA) is 59.0 Å². The Morgan fingerprint density at radius 1 is 1.32 bits per heavy atom. The molecule has 0 bridgehead atoms. The Labute approximate surface area is 147 Å². The van der Waals surface area contributed by atoms with E-state index in [0.717, 1.165) is 11.1 Å². The van der Waals surface area contributed by atoms with E-state index in [9.17, 15) is 18.0 Å². The Bertz CT molecular complexity index is 773. The standard InChI is InChI=1S/C16H16ClF3N4O/c1-9-6-12(9)13-7-14(24(23-13)8-16(18,19)20)22-15(25)21-11-4-2-10(17)3-5-11/h2-5,7,9,12H,6,8H2,1H3,(H2,21,22,25). The second-order valence-corrected chi connectivity index (χ2v) is 6.57. The number of anilines is 2. The number of aromatic nitrogens is 2. The van der Waals surface area contributed by atoms with Crippen LogP contribution in [0.3, 0.4) is 0 Å². The number of benzene rings is 1. The third kappa shape index (κ3) is 4.66. The van der Waals surface area contributed by atoms with E-state index >= 15 is 0 Å². The summed E-state index contributed by atoms with van der Waals surface area (Å²) in [5, 5.41) is 9.50. The number of halogens is 4. The molecule has 0 spiro atoms. The summed E-state index contributed by atoms with van der Waals surface area (Å²) in [5.74, 6) is 0.553. The van der Waals surface area contributed by atoms with Gasteiger partial charge in [0.2, 0.25) is 0 Å². The molecular formula is C16H16ClF3N4O. The van der Waals surface area contributed by atoms with E-state index in [-0.39, 0.29) is 11.7 Å². The fourth-order valence-electron chi connectivity index (χ4n) is 2.55. The van der Waals surface area contributed by atoms with Gasteiger partial charge in [-0.15, -0.1) is 0 Å². The van der Waals surface area contributed by atoms with Gasteiger partial charge in [-0.1, -0.05) is 18.5 Å². The van der Waals surface area contributed by atoms with Crippen molar-refractivity contribution in [3.8, 4) is 0 Å². The first-order valence-electron chi connectivity index (χ1n) is 7.69. The number of rotatable bonds is 4. The Balaban J connectivity index is 1.74. The first-order chi connectivity index (χ1) is 11.7. The van der Waals surface area contributed by atoms with Crippen LogP contribution in [0.15, 0.2) is 30.3 Å². The quantitative estimate of drug-likeness (QED) is 0.804. The van der Waals surface area contributed by atoms with Crippen LogP contribution in [-0.4, -0.2) is 22.0 Å². The average molecular weight is 373 g/mol. The number of nitrogens with one attached hydrogen (secondary N) is 2. The Morgan fingerprint density at radius 3 is 2.52 bits per heavy atom. The van der Waals surface area contributed by atoms with Crippen molar-refractivity contribution in [3.63, 3.8) is 0 Å². The molecule has 1 aliphatic rings. The summed E-state index contributed by atoms with van der Waals surface area (Å²) in [6.45, 7) is 0.748. The van der Waals surface area contributed by atoms with Crippen molar-refractivity contribution in [2.75, 3.05) is 10.6 Å². The van der Waals surface area contributed by atoms with Gasteiger partial charge in [-0.05, 0) is 36.6 Å². The van der Waals surface area contributed by atoms with Gasteiger partial charge in [-0.3, -0.25) is 5.32 Å². The molecule has 0 aliphatic heterocycles. The molecule has 5 nitrogen and oxygen atoms in total. The molecule has 0 saturated heterocycles. The first kappa shape index (κ1) is 17.6. The van der Waals surface area contributed by atoms with Crippen LogP contribution in [0.25, 0.3) is 0 Å². The van der Waals surface area contributed by atoms with Crippen molar-refractivity contribution in [1.29, 1.82) is 0 Å². The van der Waals surface area contributed by atoms with E-state index in [1.165, 1.54) is 6.07 Å². The van der Waals surface area contributed by atoms with Crippen LogP contribution in [-0.2, 0) is 6.54 Å². The summed E-state index contributed by atoms with van der Waals surface area (Å²) >= 11 is 5.76. The third-order valence-corrected chi connectivity index (χ3v) is 4.21. The maximum Gasteiger partial charge on any atom is 0.408 e. The van der Waals surface area contributed by atoms with Crippen LogP contribution >= 0.6 is 11.6 Å². The fourth-order valence-corrected chi connectivity index (χ4v) is 2.68. The van der Waals surface area contributed by atoms with Crippen molar-refractivity contribution >= 4 is 29.1 Å². The molecule has 3 rings (SSSR count). The van der Waals surface area contributed by atoms with E-state index in [1.54, 1.807) is 24.3 Å². The number of amides is 2. The SMILES string of the molecule is CC1CC1c1cc(NC(=O)Nc2ccc(Cl)cc2)n(CC(F)(F)F)n1. The summed E-state index contributed by atoms with van der Waals surface area (Å²) < 4.78 is 39.0. The van der Waals surface area contributed by atoms with E-state index in [2.05, 4.69) is 15.7 Å². The van der Waals surface area contributed by atoms with Crippen molar-refractivity contribution in [2.24, 2.45) is 5.92 Å². The Kier molecular flexibility index (Phi) is 4.64. The van der Waals surface area contributed by atoms with Gasteiger partial charge in [-0.25, -0.2) is 9.48 Å². The molecule has 25 heavy (non-hydrogen) atoms. The van der Waals surface area contributed by atoms with Gasteiger partial charge in [0.15, 0.2) is 0 Å². The molecule has 1 aromatic carbocycles. The molecule has 2 amide bonds. The average Bonchev–Trinajstić information content (AvgIpc) is 3.11. The molecule has 2 N–H and O–H groups in total. The fraction of sp³-hybridized carbons (Fsp3) is 0.375. The highest BCUT2D eigenvalue weighted by Gasteiger charge is 2.38. The summed E-state index contributed by atoms with van der Waals surface area (Å²) in [4.78, 5) is 12.1. The zero-order valence-electron chi connectivity index (χ0n) is 13.3. The van der Waals surface area contributed by atoms with E-state index in [1.807, 2.05) is 6.92 Å². The highest BCUT2D eigenvalue weighted by atomic mass is 35.5. The summed E-state index contributed by atoms with van der Waals surface area (Å²) in [6, 6.07) is 7.22. The van der Waals surface area contributed by atoms with Gasteiger partial charge in [-0.2, -0.15) is 18.3 Å². The molecular weight excluding hydrogens is 357 g/mol. The van der Waals surface area contributed by atoms with Crippen molar-refractivity contribution in [1.82, 2.24) is 9.78 Å². The number of hydrogen-bond acceptors (Lipinski definition) is 2. The van der Waals surface area contributed by atoms with Gasteiger partial charge in [0.1, 0.15) is 12.4 Å². The minimum absolute atomic E-state index is 0.0119. The Morgan fingerprint density at radius 2 is 1.96 bits per heavy atom. The molecule has 2 unspecified atom stereocenters. The largest absolute Gasteiger partial charge is 0.408 e. The lowest BCUT2D eigenvalue weighted by molar-refractivity contribution is -0.142. The maximum absolute atomic E-state index is 12.7. The van der Waals surface area contributed by atoms with Gasteiger partial charge in [0.05, 0.1) is 5.69 Å². The van der Waals surface area contributed by atoms with E-state index in [0.29, 0.717) is 22.3 Å². The lowest BCUT2D eigenvalue weighted by Gasteiger charge is -2.11. The zero-order valence-corrected chi connectivity index (χ0v) is 14.0. The lowest BCUT2D eigenvalue weighted by Crippen LogP contribution is -2.25. The number of carbonyl (C=O) groups excluding carboxylic acids is 1. The molecule has 1 aliphatic carbocycles. The van der Waals surface area contributed by atoms with Gasteiger partial charge in [0.25, 0.3) is 0 Å². The maximum atomic E-state index is 12.7. The molecule has 9 heteroatoms. The number of alkyl halides is 3. The second-order valence-electron chi connectivity index (χ2n) is 6.13. The molecule has 1 fully saturated rings. The molecule has 1 heterocycles. The second kappa shape index (κ2) is 6.59. The smallest absolute Gasteiger partial charge is 0.308 e. The van der Waals surface area contributed by atoms with Gasteiger partial charge < -0.3 is 5.32 Å². The molecule has 0 radical (unpaired) electrons. The number of urea groups is 1. The van der Waals surface area contributed by atoms with Crippen LogP contribution < -0.4 is 10.6 Å². The van der Waals surface area contributed by atoms with Crippen molar-refractivity contribution in [3.05, 3.63) is 41.0 Å². The van der Waals surface area contributed by atoms with Crippen LogP contribution in [0, 0.1) is 5.92 Å². The summed E-state index contributed by atoms with van der Waals surface area (Å²) in [7, 11) is 0. The third-order valence-electron chi connectivity index (χ3n) is 3.96. The number of nitrogens with zero attached hydrogens (tertiary/aromatic N) is 2. The predicted octanol–water partition coefficient (Wildman–Crippen LogP) is 4.87. The number of carbonyl (C=O) groups is 1. The minimum atomic E-state index is -4.43. The molecule has 2 aromatic rings. The van der Waals surface area contributed by atoms with Gasteiger partial charge in [0, 0.05) is 22.7 Å². The van der Waals surface area contributed by atoms with Gasteiger partial charge >= 0.3 is 12.2 Å². The van der Waals surface area contributed by atoms with Crippen molar-refractivity contribution < 1.29 is 18.0 Å². The Hall–Kier alpha value is -2.22. The highest BCUT2D eigenvalue weighted by molar-refractivity contribution is 6.30. The predicted molar refractivity (Wildman–Crippen MR) is 88.9 cm³/mol. The van der Waals surface area contributed by atoms with E-state index < -0.39 is 18.8 Å². The molecule has 2 atom stereocenters. The normalized spacial score (nSPS) is 19.6. The zero-order chi connectivity index (χ0) is 18.2. The first-order valence-corrected chi connectivity index (χ1v) is 8.07. The van der Waals surface area contributed by atoms with Crippen LogP contribution in [0.2, 0.25) is 5.02 Å². The van der Waals surface area contributed by atoms with E-state index in [4.69, 9.17) is 11.6 Å². The highest BCUT2D eigenvalue weighted by Crippen LogP contribution is 2.46. The minimum Gasteiger partial charge on any atom is -0.308 e. The molecule has 1 aromatic heterocycles. The summed E-state index contributed by atoms with van der Waals surface area (Å²) in [6.07, 6.45) is -3.54. The lowest BCUT2D eigenvalue weighted by atomic mass is 10.2. The number of hydrogen-bond donors (Lipinski definition) is 2. The monoisotopic (exact) mass is 372 g/mol. The summed E-state index contributed by atoms with van der Waals surface area (Å²) in [5.41, 5.74) is 1.04. The molecule has 1 saturated carbocycles. The van der Waals surface area contributed by atoms with Crippen molar-refractivity contribution in [2.45, 2.75) is 32.0 Å². The van der Waals surface area contributed by atoms with Crippen LogP contribution in [0.1, 0.15) is 25.0 Å².